The Balaban J connectivity index is 1.78. The molecule has 1 heterocycles. The largest absolute Gasteiger partial charge is 0.408 e. The third-order valence-electron chi connectivity index (χ3n) is 5.31. The molecule has 0 amide bonds. The van der Waals surface area contributed by atoms with Crippen LogP contribution in [-0.2, 0) is 6.42 Å². The molecule has 2 aliphatic rings. The first-order valence-corrected chi connectivity index (χ1v) is 7.64. The first-order chi connectivity index (χ1) is 8.95. The van der Waals surface area contributed by atoms with Crippen LogP contribution in [0.25, 0.3) is 0 Å². The summed E-state index contributed by atoms with van der Waals surface area (Å²) in [4.78, 5) is 0. The quantitative estimate of drug-likeness (QED) is 0.860. The maximum Gasteiger partial charge on any atom is 0.315 e. The van der Waals surface area contributed by atoms with Crippen molar-refractivity contribution in [3.63, 3.8) is 0 Å². The summed E-state index contributed by atoms with van der Waals surface area (Å²) in [7, 11) is 0. The van der Waals surface area contributed by atoms with Gasteiger partial charge in [0.25, 0.3) is 0 Å². The van der Waals surface area contributed by atoms with Gasteiger partial charge >= 0.3 is 6.01 Å². The molecule has 3 unspecified atom stereocenters. The lowest BCUT2D eigenvalue weighted by molar-refractivity contribution is 0.153. The number of nitrogens with zero attached hydrogens (tertiary/aromatic N) is 2. The van der Waals surface area contributed by atoms with Crippen LogP contribution >= 0.6 is 11.6 Å². The van der Waals surface area contributed by atoms with Crippen LogP contribution in [0, 0.1) is 16.7 Å². The van der Waals surface area contributed by atoms with Gasteiger partial charge in [-0.1, -0.05) is 25.9 Å². The van der Waals surface area contributed by atoms with E-state index in [2.05, 4.69) is 36.3 Å². The van der Waals surface area contributed by atoms with Crippen molar-refractivity contribution >= 4 is 17.6 Å². The van der Waals surface area contributed by atoms with Crippen LogP contribution in [0.5, 0.6) is 0 Å². The van der Waals surface area contributed by atoms with E-state index in [-0.39, 0.29) is 5.41 Å². The molecule has 0 aliphatic heterocycles. The highest BCUT2D eigenvalue weighted by Gasteiger charge is 2.59. The van der Waals surface area contributed by atoms with Crippen LogP contribution in [0.3, 0.4) is 0 Å². The van der Waals surface area contributed by atoms with Gasteiger partial charge in [0.1, 0.15) is 0 Å². The smallest absolute Gasteiger partial charge is 0.315 e. The SMILES string of the molecule is CC12CCC(C1)C(C)(C)C2Nc1nnc(CCCl)o1. The minimum Gasteiger partial charge on any atom is -0.408 e. The Hall–Kier alpha value is -0.770. The van der Waals surface area contributed by atoms with E-state index in [0.29, 0.717) is 35.7 Å². The fraction of sp³-hybridized carbons (Fsp3) is 0.857. The van der Waals surface area contributed by atoms with Crippen molar-refractivity contribution in [3.05, 3.63) is 5.89 Å². The van der Waals surface area contributed by atoms with Gasteiger partial charge in [-0.25, -0.2) is 0 Å². The number of hydrogen-bond acceptors (Lipinski definition) is 4. The second kappa shape index (κ2) is 4.37. The van der Waals surface area contributed by atoms with Crippen LogP contribution in [0.2, 0.25) is 0 Å². The second-order valence-electron chi connectivity index (χ2n) is 6.93. The molecule has 1 N–H and O–H groups in total. The van der Waals surface area contributed by atoms with Crippen LogP contribution < -0.4 is 5.32 Å². The monoisotopic (exact) mass is 283 g/mol. The number of halogens is 1. The van der Waals surface area contributed by atoms with Crippen LogP contribution in [0.1, 0.15) is 45.9 Å². The molecule has 2 aliphatic carbocycles. The molecule has 1 aromatic heterocycles. The van der Waals surface area contributed by atoms with Gasteiger partial charge in [0, 0.05) is 18.3 Å². The number of rotatable bonds is 4. The lowest BCUT2D eigenvalue weighted by Crippen LogP contribution is -2.45. The zero-order valence-electron chi connectivity index (χ0n) is 11.9. The van der Waals surface area contributed by atoms with Gasteiger partial charge in [-0.05, 0) is 36.0 Å². The van der Waals surface area contributed by atoms with Crippen molar-refractivity contribution in [3.8, 4) is 0 Å². The fourth-order valence-corrected chi connectivity index (χ4v) is 4.44. The molecule has 5 heteroatoms. The zero-order chi connectivity index (χ0) is 13.7. The van der Waals surface area contributed by atoms with Gasteiger partial charge in [0.05, 0.1) is 0 Å². The van der Waals surface area contributed by atoms with Gasteiger partial charge < -0.3 is 9.73 Å². The predicted molar refractivity (Wildman–Crippen MR) is 75.4 cm³/mol. The molecule has 1 aromatic rings. The van der Waals surface area contributed by atoms with Gasteiger partial charge in [-0.3, -0.25) is 0 Å². The number of aryl methyl sites for hydroxylation is 1. The number of anilines is 1. The Morgan fingerprint density at radius 1 is 1.37 bits per heavy atom. The molecule has 0 radical (unpaired) electrons. The summed E-state index contributed by atoms with van der Waals surface area (Å²) in [6.07, 6.45) is 4.58. The molecular formula is C14H22ClN3O. The molecule has 2 saturated carbocycles. The van der Waals surface area contributed by atoms with Crippen molar-refractivity contribution in [2.24, 2.45) is 16.7 Å². The Morgan fingerprint density at radius 3 is 2.79 bits per heavy atom. The van der Waals surface area contributed by atoms with Gasteiger partial charge in [0.2, 0.25) is 5.89 Å². The maximum absolute atomic E-state index is 5.69. The summed E-state index contributed by atoms with van der Waals surface area (Å²) >= 11 is 5.69. The molecule has 2 fully saturated rings. The van der Waals surface area contributed by atoms with Crippen LogP contribution in [0.4, 0.5) is 6.01 Å². The molecule has 3 atom stereocenters. The van der Waals surface area contributed by atoms with E-state index in [9.17, 15) is 0 Å². The first-order valence-electron chi connectivity index (χ1n) is 7.10. The summed E-state index contributed by atoms with van der Waals surface area (Å²) in [5, 5.41) is 11.6. The van der Waals surface area contributed by atoms with Gasteiger partial charge in [0.15, 0.2) is 0 Å². The van der Waals surface area contributed by atoms with E-state index in [1.165, 1.54) is 19.3 Å². The average molecular weight is 284 g/mol. The molecule has 106 valence electrons. The van der Waals surface area contributed by atoms with E-state index < -0.39 is 0 Å². The highest BCUT2D eigenvalue weighted by atomic mass is 35.5. The van der Waals surface area contributed by atoms with Crippen molar-refractivity contribution in [2.45, 2.75) is 52.5 Å². The number of aromatic nitrogens is 2. The summed E-state index contributed by atoms with van der Waals surface area (Å²) < 4.78 is 5.61. The third kappa shape index (κ3) is 2.04. The molecule has 19 heavy (non-hydrogen) atoms. The van der Waals surface area contributed by atoms with Crippen molar-refractivity contribution in [1.29, 1.82) is 0 Å². The summed E-state index contributed by atoms with van der Waals surface area (Å²) in [6, 6.07) is 0.954. The predicted octanol–water partition coefficient (Wildman–Crippen LogP) is 3.48. The Bertz CT molecular complexity index is 468. The zero-order valence-corrected chi connectivity index (χ0v) is 12.6. The van der Waals surface area contributed by atoms with E-state index in [0.717, 1.165) is 5.92 Å². The van der Waals surface area contributed by atoms with Crippen LogP contribution in [0.15, 0.2) is 4.42 Å². The summed E-state index contributed by atoms with van der Waals surface area (Å²) in [5.41, 5.74) is 0.642. The van der Waals surface area contributed by atoms with Gasteiger partial charge in [-0.15, -0.1) is 16.7 Å². The highest BCUT2D eigenvalue weighted by molar-refractivity contribution is 6.17. The fourth-order valence-electron chi connectivity index (χ4n) is 4.28. The lowest BCUT2D eigenvalue weighted by atomic mass is 9.68. The minimum absolute atomic E-state index is 0.286. The van der Waals surface area contributed by atoms with Crippen molar-refractivity contribution in [2.75, 3.05) is 11.2 Å². The van der Waals surface area contributed by atoms with Crippen LogP contribution in [-0.4, -0.2) is 22.1 Å². The van der Waals surface area contributed by atoms with Gasteiger partial charge in [-0.2, -0.15) is 0 Å². The topological polar surface area (TPSA) is 51.0 Å². The molecule has 0 aromatic carbocycles. The van der Waals surface area contributed by atoms with Crippen molar-refractivity contribution < 1.29 is 4.42 Å². The van der Waals surface area contributed by atoms with Crippen molar-refractivity contribution in [1.82, 2.24) is 10.2 Å². The number of alkyl halides is 1. The van der Waals surface area contributed by atoms with E-state index >= 15 is 0 Å². The minimum atomic E-state index is 0.286. The lowest BCUT2D eigenvalue weighted by Gasteiger charge is -2.42. The van der Waals surface area contributed by atoms with E-state index in [1.54, 1.807) is 0 Å². The molecule has 0 spiro atoms. The Kier molecular flexibility index (Phi) is 3.04. The first kappa shape index (κ1) is 13.2. The molecule has 0 saturated heterocycles. The normalized spacial score (nSPS) is 35.8. The Morgan fingerprint density at radius 2 is 2.16 bits per heavy atom. The maximum atomic E-state index is 5.69. The summed E-state index contributed by atoms with van der Waals surface area (Å²) in [6.45, 7) is 7.10. The number of fused-ring (bicyclic) bond motifs is 2. The molecular weight excluding hydrogens is 262 g/mol. The molecule has 4 nitrogen and oxygen atoms in total. The summed E-state index contributed by atoms with van der Waals surface area (Å²) in [5.74, 6) is 1.93. The molecule has 2 bridgehead atoms. The number of nitrogens with one attached hydrogen (secondary N) is 1. The number of hydrogen-bond donors (Lipinski definition) is 1. The van der Waals surface area contributed by atoms with E-state index in [4.69, 9.17) is 16.0 Å². The standard InChI is InChI=1S/C14H22ClN3O/c1-13(2)9-4-6-14(3,8-9)11(13)16-12-18-17-10(19-12)5-7-15/h9,11H,4-8H2,1-3H3,(H,16,18). The average Bonchev–Trinajstić information content (AvgIpc) is 2.97. The highest BCUT2D eigenvalue weighted by Crippen LogP contribution is 2.63. The second-order valence-corrected chi connectivity index (χ2v) is 7.31. The van der Waals surface area contributed by atoms with E-state index in [1.807, 2.05) is 0 Å². The third-order valence-corrected chi connectivity index (χ3v) is 5.50. The Labute approximate surface area is 119 Å². The molecule has 3 rings (SSSR count).